The maximum atomic E-state index is 11.9. The minimum atomic E-state index is -0.372. The molecule has 3 N–H and O–H groups in total. The van der Waals surface area contributed by atoms with E-state index >= 15 is 0 Å². The van der Waals surface area contributed by atoms with E-state index in [1.807, 2.05) is 19.0 Å². The van der Waals surface area contributed by atoms with E-state index in [1.54, 1.807) is 12.1 Å². The van der Waals surface area contributed by atoms with Crippen molar-refractivity contribution in [1.82, 2.24) is 4.90 Å². The van der Waals surface area contributed by atoms with Crippen molar-refractivity contribution < 1.29 is 14.6 Å². The summed E-state index contributed by atoms with van der Waals surface area (Å²) in [6.07, 6.45) is 1.29. The lowest BCUT2D eigenvalue weighted by molar-refractivity contribution is 0.0492. The van der Waals surface area contributed by atoms with E-state index in [4.69, 9.17) is 15.6 Å². The summed E-state index contributed by atoms with van der Waals surface area (Å²) in [6, 6.07) is 3.43. The van der Waals surface area contributed by atoms with E-state index in [1.165, 1.54) is 0 Å². The molecule has 0 heterocycles. The second-order valence-electron chi connectivity index (χ2n) is 4.84. The molecule has 1 rings (SSSR count). The first-order chi connectivity index (χ1) is 9.45. The first-order valence-corrected chi connectivity index (χ1v) is 7.25. The minimum Gasteiger partial charge on any atom is -0.462 e. The Balaban J connectivity index is 2.79. The molecule has 0 spiro atoms. The second-order valence-corrected chi connectivity index (χ2v) is 5.69. The van der Waals surface area contributed by atoms with E-state index in [9.17, 15) is 4.79 Å². The van der Waals surface area contributed by atoms with Crippen LogP contribution in [0.2, 0.25) is 0 Å². The Morgan fingerprint density at radius 1 is 1.40 bits per heavy atom. The standard InChI is InChI=1S/C14H21BrN2O3/c1-17(2)9-11-7-10(8-12(15)13(11)16)14(19)20-6-4-3-5-18/h7-8,18H,3-6,9,16H2,1-2H3. The van der Waals surface area contributed by atoms with Gasteiger partial charge in [0.05, 0.1) is 17.9 Å². The number of nitrogen functional groups attached to an aromatic ring is 1. The number of aliphatic hydroxyl groups is 1. The Morgan fingerprint density at radius 2 is 2.10 bits per heavy atom. The number of nitrogens with two attached hydrogens (primary N) is 1. The smallest absolute Gasteiger partial charge is 0.338 e. The molecule has 0 saturated heterocycles. The van der Waals surface area contributed by atoms with Crippen LogP contribution in [-0.4, -0.2) is 43.3 Å². The van der Waals surface area contributed by atoms with E-state index < -0.39 is 0 Å². The fraction of sp³-hybridized carbons (Fsp3) is 0.500. The third-order valence-corrected chi connectivity index (χ3v) is 3.38. The Morgan fingerprint density at radius 3 is 2.70 bits per heavy atom. The number of benzene rings is 1. The Bertz CT molecular complexity index is 464. The highest BCUT2D eigenvalue weighted by Gasteiger charge is 2.13. The van der Waals surface area contributed by atoms with Gasteiger partial charge in [0, 0.05) is 17.6 Å². The number of aliphatic hydroxyl groups excluding tert-OH is 1. The predicted molar refractivity (Wildman–Crippen MR) is 82.5 cm³/mol. The zero-order valence-corrected chi connectivity index (χ0v) is 13.4. The number of unbranched alkanes of at least 4 members (excludes halogenated alkanes) is 1. The molecule has 0 aliphatic rings. The van der Waals surface area contributed by atoms with Gasteiger partial charge in [0.2, 0.25) is 0 Å². The number of carbonyl (C=O) groups is 1. The lowest BCUT2D eigenvalue weighted by atomic mass is 10.1. The molecule has 0 aliphatic carbocycles. The van der Waals surface area contributed by atoms with Crippen LogP contribution in [0.1, 0.15) is 28.8 Å². The highest BCUT2D eigenvalue weighted by Crippen LogP contribution is 2.26. The quantitative estimate of drug-likeness (QED) is 0.449. The fourth-order valence-electron chi connectivity index (χ4n) is 1.73. The van der Waals surface area contributed by atoms with Crippen LogP contribution in [0, 0.1) is 0 Å². The lowest BCUT2D eigenvalue weighted by Crippen LogP contribution is -2.14. The minimum absolute atomic E-state index is 0.109. The first kappa shape index (κ1) is 16.9. The van der Waals surface area contributed by atoms with Crippen LogP contribution < -0.4 is 5.73 Å². The van der Waals surface area contributed by atoms with E-state index in [0.29, 0.717) is 41.7 Å². The van der Waals surface area contributed by atoms with Crippen LogP contribution in [0.25, 0.3) is 0 Å². The number of carbonyl (C=O) groups excluding carboxylic acids is 1. The van der Waals surface area contributed by atoms with Gasteiger partial charge >= 0.3 is 5.97 Å². The summed E-state index contributed by atoms with van der Waals surface area (Å²) in [4.78, 5) is 13.9. The van der Waals surface area contributed by atoms with Crippen LogP contribution in [0.15, 0.2) is 16.6 Å². The summed E-state index contributed by atoms with van der Waals surface area (Å²) in [7, 11) is 3.88. The molecule has 0 aliphatic heterocycles. The van der Waals surface area contributed by atoms with Gasteiger partial charge < -0.3 is 20.5 Å². The first-order valence-electron chi connectivity index (χ1n) is 6.46. The highest BCUT2D eigenvalue weighted by molar-refractivity contribution is 9.10. The van der Waals surface area contributed by atoms with Gasteiger partial charge in [-0.1, -0.05) is 0 Å². The number of rotatable bonds is 7. The van der Waals surface area contributed by atoms with Gasteiger partial charge in [-0.2, -0.15) is 0 Å². The molecule has 0 atom stereocenters. The van der Waals surface area contributed by atoms with Crippen molar-refractivity contribution in [2.75, 3.05) is 33.0 Å². The monoisotopic (exact) mass is 344 g/mol. The number of halogens is 1. The summed E-state index contributed by atoms with van der Waals surface area (Å²) in [5.41, 5.74) is 7.98. The van der Waals surface area contributed by atoms with Crippen LogP contribution in [0.4, 0.5) is 5.69 Å². The molecule has 0 bridgehead atoms. The average molecular weight is 345 g/mol. The highest BCUT2D eigenvalue weighted by atomic mass is 79.9. The molecule has 5 nitrogen and oxygen atoms in total. The number of hydrogen-bond acceptors (Lipinski definition) is 5. The molecule has 0 unspecified atom stereocenters. The number of ether oxygens (including phenoxy) is 1. The van der Waals surface area contributed by atoms with E-state index in [2.05, 4.69) is 15.9 Å². The molecular formula is C14H21BrN2O3. The van der Waals surface area contributed by atoms with Crippen molar-refractivity contribution in [3.05, 3.63) is 27.7 Å². The Hall–Kier alpha value is -1.11. The summed E-state index contributed by atoms with van der Waals surface area (Å²) in [5.74, 6) is -0.372. The van der Waals surface area contributed by atoms with Crippen LogP contribution in [0.3, 0.4) is 0 Å². The van der Waals surface area contributed by atoms with Gasteiger partial charge in [0.15, 0.2) is 0 Å². The average Bonchev–Trinajstić information content (AvgIpc) is 2.39. The van der Waals surface area contributed by atoms with Crippen molar-refractivity contribution in [3.8, 4) is 0 Å². The van der Waals surface area contributed by atoms with Crippen LogP contribution >= 0.6 is 15.9 Å². The summed E-state index contributed by atoms with van der Waals surface area (Å²) in [6.45, 7) is 1.07. The molecule has 0 amide bonds. The molecule has 0 aromatic heterocycles. The molecule has 1 aromatic rings. The zero-order valence-electron chi connectivity index (χ0n) is 11.9. The van der Waals surface area contributed by atoms with Crippen molar-refractivity contribution in [2.24, 2.45) is 0 Å². The van der Waals surface area contributed by atoms with Gasteiger partial charge in [-0.3, -0.25) is 0 Å². The number of anilines is 1. The van der Waals surface area contributed by atoms with Gasteiger partial charge in [-0.15, -0.1) is 0 Å². The van der Waals surface area contributed by atoms with E-state index in [0.717, 1.165) is 5.56 Å². The topological polar surface area (TPSA) is 75.8 Å². The Kier molecular flexibility index (Phi) is 6.98. The second kappa shape index (κ2) is 8.24. The summed E-state index contributed by atoms with van der Waals surface area (Å²) < 4.78 is 5.85. The molecule has 0 radical (unpaired) electrons. The van der Waals surface area contributed by atoms with Gasteiger partial charge in [-0.25, -0.2) is 4.79 Å². The third kappa shape index (κ3) is 5.11. The van der Waals surface area contributed by atoms with Crippen molar-refractivity contribution in [3.63, 3.8) is 0 Å². The molecule has 0 fully saturated rings. The van der Waals surface area contributed by atoms with E-state index in [-0.39, 0.29) is 12.6 Å². The lowest BCUT2D eigenvalue weighted by Gasteiger charge is -2.14. The van der Waals surface area contributed by atoms with Gasteiger partial charge in [-0.05, 0) is 60.6 Å². The van der Waals surface area contributed by atoms with Crippen LogP contribution in [-0.2, 0) is 11.3 Å². The molecule has 112 valence electrons. The fourth-order valence-corrected chi connectivity index (χ4v) is 2.23. The van der Waals surface area contributed by atoms with Crippen LogP contribution in [0.5, 0.6) is 0 Å². The number of esters is 1. The summed E-state index contributed by atoms with van der Waals surface area (Å²) >= 11 is 3.36. The molecule has 1 aromatic carbocycles. The maximum Gasteiger partial charge on any atom is 0.338 e. The largest absolute Gasteiger partial charge is 0.462 e. The number of hydrogen-bond donors (Lipinski definition) is 2. The normalized spacial score (nSPS) is 10.8. The van der Waals surface area contributed by atoms with Gasteiger partial charge in [0.25, 0.3) is 0 Å². The zero-order chi connectivity index (χ0) is 15.1. The van der Waals surface area contributed by atoms with Gasteiger partial charge in [0.1, 0.15) is 0 Å². The van der Waals surface area contributed by atoms with Crippen molar-refractivity contribution >= 4 is 27.6 Å². The van der Waals surface area contributed by atoms with Crippen molar-refractivity contribution in [2.45, 2.75) is 19.4 Å². The van der Waals surface area contributed by atoms with Crippen molar-refractivity contribution in [1.29, 1.82) is 0 Å². The molecule has 20 heavy (non-hydrogen) atoms. The summed E-state index contributed by atoms with van der Waals surface area (Å²) in [5, 5.41) is 8.67. The predicted octanol–water partition coefficient (Wildman–Crippen LogP) is 2.02. The Labute approximate surface area is 127 Å². The molecule has 6 heteroatoms. The number of nitrogens with zero attached hydrogens (tertiary/aromatic N) is 1. The molecule has 0 saturated carbocycles. The third-order valence-electron chi connectivity index (χ3n) is 2.72. The SMILES string of the molecule is CN(C)Cc1cc(C(=O)OCCCCO)cc(Br)c1N. The molecular weight excluding hydrogens is 324 g/mol. The maximum absolute atomic E-state index is 11.9.